The van der Waals surface area contributed by atoms with Crippen molar-refractivity contribution < 1.29 is 4.92 Å². The number of pyridine rings is 1. The molecule has 0 bridgehead atoms. The molecule has 1 aromatic rings. The molecule has 0 saturated carbocycles. The molecule has 1 aliphatic rings. The number of anilines is 1. The van der Waals surface area contributed by atoms with Gasteiger partial charge in [-0.3, -0.25) is 10.1 Å². The minimum Gasteiger partial charge on any atom is -0.362 e. The van der Waals surface area contributed by atoms with Crippen LogP contribution in [0.2, 0.25) is 5.02 Å². The molecule has 1 saturated heterocycles. The third-order valence-corrected chi connectivity index (χ3v) is 2.92. The SMILES string of the molecule is O=[N+]([O-])c1cc(Cl)cnc1NC1CCNCC1. The number of nitrogens with zero attached hydrogens (tertiary/aromatic N) is 2. The standard InChI is InChI=1S/C10H13ClN4O2/c11-7-5-9(15(16)17)10(13-6-7)14-8-1-3-12-4-2-8/h5-6,8,12H,1-4H2,(H,13,14). The monoisotopic (exact) mass is 256 g/mol. The molecule has 0 aliphatic carbocycles. The van der Waals surface area contributed by atoms with Gasteiger partial charge in [0.15, 0.2) is 0 Å². The first kappa shape index (κ1) is 12.1. The lowest BCUT2D eigenvalue weighted by atomic mass is 10.1. The van der Waals surface area contributed by atoms with Crippen molar-refractivity contribution in [1.29, 1.82) is 0 Å². The van der Waals surface area contributed by atoms with E-state index in [0.717, 1.165) is 25.9 Å². The number of hydrogen-bond acceptors (Lipinski definition) is 5. The quantitative estimate of drug-likeness (QED) is 0.637. The van der Waals surface area contributed by atoms with Gasteiger partial charge in [0, 0.05) is 18.3 Å². The summed E-state index contributed by atoms with van der Waals surface area (Å²) in [4.78, 5) is 14.4. The lowest BCUT2D eigenvalue weighted by Gasteiger charge is -2.23. The molecule has 1 fully saturated rings. The molecule has 0 radical (unpaired) electrons. The summed E-state index contributed by atoms with van der Waals surface area (Å²) >= 11 is 5.70. The van der Waals surface area contributed by atoms with Crippen LogP contribution in [0.4, 0.5) is 11.5 Å². The Labute approximate surface area is 104 Å². The molecule has 1 aliphatic heterocycles. The van der Waals surface area contributed by atoms with Gasteiger partial charge in [-0.2, -0.15) is 0 Å². The summed E-state index contributed by atoms with van der Waals surface area (Å²) in [5.41, 5.74) is -0.0731. The normalized spacial score (nSPS) is 16.8. The molecular formula is C10H13ClN4O2. The smallest absolute Gasteiger partial charge is 0.312 e. The minimum absolute atomic E-state index is 0.0731. The molecule has 0 aromatic carbocycles. The Bertz CT molecular complexity index is 421. The van der Waals surface area contributed by atoms with Crippen LogP contribution in [-0.4, -0.2) is 29.0 Å². The van der Waals surface area contributed by atoms with Gasteiger partial charge >= 0.3 is 5.69 Å². The highest BCUT2D eigenvalue weighted by Gasteiger charge is 2.20. The Morgan fingerprint density at radius 1 is 1.53 bits per heavy atom. The van der Waals surface area contributed by atoms with Crippen molar-refractivity contribution in [3.63, 3.8) is 0 Å². The second-order valence-electron chi connectivity index (χ2n) is 3.95. The van der Waals surface area contributed by atoms with Gasteiger partial charge in [0.05, 0.1) is 9.95 Å². The minimum atomic E-state index is -0.470. The molecule has 2 rings (SSSR count). The molecule has 0 atom stereocenters. The van der Waals surface area contributed by atoms with Crippen molar-refractivity contribution in [3.05, 3.63) is 27.4 Å². The summed E-state index contributed by atoms with van der Waals surface area (Å²) in [7, 11) is 0. The first-order chi connectivity index (χ1) is 8.16. The van der Waals surface area contributed by atoms with Crippen LogP contribution in [0, 0.1) is 10.1 Å². The van der Waals surface area contributed by atoms with E-state index in [9.17, 15) is 10.1 Å². The predicted octanol–water partition coefficient (Wildman–Crippen LogP) is 1.81. The van der Waals surface area contributed by atoms with Crippen molar-refractivity contribution in [2.24, 2.45) is 0 Å². The zero-order valence-electron chi connectivity index (χ0n) is 9.15. The van der Waals surface area contributed by atoms with E-state index in [1.165, 1.54) is 12.3 Å². The zero-order chi connectivity index (χ0) is 12.3. The third-order valence-electron chi connectivity index (χ3n) is 2.71. The molecule has 0 unspecified atom stereocenters. The van der Waals surface area contributed by atoms with Crippen molar-refractivity contribution in [2.75, 3.05) is 18.4 Å². The fraction of sp³-hybridized carbons (Fsp3) is 0.500. The molecule has 2 N–H and O–H groups in total. The van der Waals surface area contributed by atoms with Gasteiger partial charge in [-0.05, 0) is 25.9 Å². The predicted molar refractivity (Wildman–Crippen MR) is 65.4 cm³/mol. The number of piperidine rings is 1. The largest absolute Gasteiger partial charge is 0.362 e. The van der Waals surface area contributed by atoms with Gasteiger partial charge in [0.25, 0.3) is 0 Å². The second-order valence-corrected chi connectivity index (χ2v) is 4.38. The lowest BCUT2D eigenvalue weighted by Crippen LogP contribution is -2.35. The summed E-state index contributed by atoms with van der Waals surface area (Å²) in [6, 6.07) is 1.54. The van der Waals surface area contributed by atoms with Crippen LogP contribution >= 0.6 is 11.6 Å². The summed E-state index contributed by atoms with van der Waals surface area (Å²) in [6.07, 6.45) is 3.28. The number of aromatic nitrogens is 1. The van der Waals surface area contributed by atoms with Crippen molar-refractivity contribution >= 4 is 23.1 Å². The van der Waals surface area contributed by atoms with E-state index in [0.29, 0.717) is 5.82 Å². The van der Waals surface area contributed by atoms with Gasteiger partial charge in [-0.1, -0.05) is 11.6 Å². The molecule has 1 aromatic heterocycles. The van der Waals surface area contributed by atoms with Gasteiger partial charge in [0.2, 0.25) is 5.82 Å². The molecule has 17 heavy (non-hydrogen) atoms. The first-order valence-corrected chi connectivity index (χ1v) is 5.82. The highest BCUT2D eigenvalue weighted by Crippen LogP contribution is 2.26. The van der Waals surface area contributed by atoms with E-state index in [-0.39, 0.29) is 16.8 Å². The maximum absolute atomic E-state index is 10.9. The van der Waals surface area contributed by atoms with E-state index in [4.69, 9.17) is 11.6 Å². The molecule has 7 heteroatoms. The summed E-state index contributed by atoms with van der Waals surface area (Å²) in [6.45, 7) is 1.83. The number of halogens is 1. The van der Waals surface area contributed by atoms with E-state index < -0.39 is 4.92 Å². The second kappa shape index (κ2) is 5.29. The van der Waals surface area contributed by atoms with E-state index >= 15 is 0 Å². The van der Waals surface area contributed by atoms with Crippen LogP contribution < -0.4 is 10.6 Å². The Morgan fingerprint density at radius 3 is 2.88 bits per heavy atom. The van der Waals surface area contributed by atoms with Gasteiger partial charge in [-0.15, -0.1) is 0 Å². The lowest BCUT2D eigenvalue weighted by molar-refractivity contribution is -0.384. The molecule has 2 heterocycles. The number of hydrogen-bond donors (Lipinski definition) is 2. The average molecular weight is 257 g/mol. The summed E-state index contributed by atoms with van der Waals surface area (Å²) in [5.74, 6) is 0.298. The van der Waals surface area contributed by atoms with Gasteiger partial charge < -0.3 is 10.6 Å². The third kappa shape index (κ3) is 3.04. The van der Waals surface area contributed by atoms with Crippen LogP contribution in [0.5, 0.6) is 0 Å². The van der Waals surface area contributed by atoms with E-state index in [1.807, 2.05) is 0 Å². The molecule has 6 nitrogen and oxygen atoms in total. The van der Waals surface area contributed by atoms with Gasteiger partial charge in [0.1, 0.15) is 0 Å². The Balaban J connectivity index is 2.16. The number of nitrogens with one attached hydrogen (secondary N) is 2. The molecule has 0 amide bonds. The van der Waals surface area contributed by atoms with Crippen molar-refractivity contribution in [3.8, 4) is 0 Å². The molecule has 92 valence electrons. The van der Waals surface area contributed by atoms with Crippen LogP contribution in [0.15, 0.2) is 12.3 Å². The number of nitro groups is 1. The Morgan fingerprint density at radius 2 is 2.24 bits per heavy atom. The first-order valence-electron chi connectivity index (χ1n) is 5.44. The summed E-state index contributed by atoms with van der Waals surface area (Å²) in [5, 5.41) is 17.5. The van der Waals surface area contributed by atoms with Crippen molar-refractivity contribution in [1.82, 2.24) is 10.3 Å². The van der Waals surface area contributed by atoms with Crippen LogP contribution in [0.25, 0.3) is 0 Å². The van der Waals surface area contributed by atoms with Crippen LogP contribution in [0.1, 0.15) is 12.8 Å². The highest BCUT2D eigenvalue weighted by molar-refractivity contribution is 6.30. The fourth-order valence-electron chi connectivity index (χ4n) is 1.84. The van der Waals surface area contributed by atoms with Crippen LogP contribution in [-0.2, 0) is 0 Å². The maximum atomic E-state index is 10.9. The van der Waals surface area contributed by atoms with Crippen molar-refractivity contribution in [2.45, 2.75) is 18.9 Å². The maximum Gasteiger partial charge on any atom is 0.312 e. The van der Waals surface area contributed by atoms with E-state index in [1.54, 1.807) is 0 Å². The molecular weight excluding hydrogens is 244 g/mol. The topological polar surface area (TPSA) is 80.1 Å². The molecule has 0 spiro atoms. The average Bonchev–Trinajstić information content (AvgIpc) is 2.32. The van der Waals surface area contributed by atoms with Gasteiger partial charge in [-0.25, -0.2) is 4.98 Å². The van der Waals surface area contributed by atoms with Crippen LogP contribution in [0.3, 0.4) is 0 Å². The summed E-state index contributed by atoms with van der Waals surface area (Å²) < 4.78 is 0. The fourth-order valence-corrected chi connectivity index (χ4v) is 1.99. The zero-order valence-corrected chi connectivity index (χ0v) is 9.91. The number of rotatable bonds is 3. The Hall–Kier alpha value is -1.40. The van der Waals surface area contributed by atoms with E-state index in [2.05, 4.69) is 15.6 Å². The Kier molecular flexibility index (Phi) is 3.75. The highest BCUT2D eigenvalue weighted by atomic mass is 35.5.